The first-order valence-corrected chi connectivity index (χ1v) is 7.46. The van der Waals surface area contributed by atoms with Gasteiger partial charge in [0.15, 0.2) is 0 Å². The van der Waals surface area contributed by atoms with E-state index in [9.17, 15) is 4.79 Å². The van der Waals surface area contributed by atoms with Crippen LogP contribution in [-0.4, -0.2) is 19.1 Å². The highest BCUT2D eigenvalue weighted by atomic mass is 32.1. The van der Waals surface area contributed by atoms with Crippen LogP contribution in [0.1, 0.15) is 22.8 Å². The van der Waals surface area contributed by atoms with E-state index in [1.165, 1.54) is 5.56 Å². The summed E-state index contributed by atoms with van der Waals surface area (Å²) in [5, 5.41) is 7.45. The van der Waals surface area contributed by atoms with Crippen molar-refractivity contribution in [1.29, 1.82) is 0 Å². The third kappa shape index (κ3) is 3.74. The maximum atomic E-state index is 11.9. The zero-order chi connectivity index (χ0) is 14.4. The zero-order valence-electron chi connectivity index (χ0n) is 11.4. The van der Waals surface area contributed by atoms with Crippen molar-refractivity contribution in [2.45, 2.75) is 13.3 Å². The van der Waals surface area contributed by atoms with E-state index in [4.69, 9.17) is 10.5 Å². The van der Waals surface area contributed by atoms with E-state index in [0.717, 1.165) is 18.7 Å². The van der Waals surface area contributed by atoms with Crippen molar-refractivity contribution in [3.63, 3.8) is 0 Å². The molecule has 2 aromatic rings. The minimum absolute atomic E-state index is 0.349. The highest BCUT2D eigenvalue weighted by molar-refractivity contribution is 7.07. The van der Waals surface area contributed by atoms with Gasteiger partial charge in [0.05, 0.1) is 12.2 Å². The third-order valence-corrected chi connectivity index (χ3v) is 3.58. The van der Waals surface area contributed by atoms with Crippen molar-refractivity contribution in [3.8, 4) is 0 Å². The van der Waals surface area contributed by atoms with Crippen molar-refractivity contribution < 1.29 is 9.53 Å². The second-order valence-corrected chi connectivity index (χ2v) is 5.11. The summed E-state index contributed by atoms with van der Waals surface area (Å²) in [6.07, 6.45) is 0.913. The first kappa shape index (κ1) is 14.4. The number of nitrogens with one attached hydrogen (secondary N) is 1. The zero-order valence-corrected chi connectivity index (χ0v) is 12.2. The maximum absolute atomic E-state index is 11.9. The molecule has 0 saturated carbocycles. The second-order valence-electron chi connectivity index (χ2n) is 4.33. The SMILES string of the molecule is CCOC(=O)c1cc(N)ccc1NCCc1ccsc1. The molecule has 0 atom stereocenters. The molecule has 0 radical (unpaired) electrons. The number of hydrogen-bond acceptors (Lipinski definition) is 5. The summed E-state index contributed by atoms with van der Waals surface area (Å²) in [5.41, 5.74) is 8.81. The first-order chi connectivity index (χ1) is 9.70. The Bertz CT molecular complexity index is 567. The number of hydrogen-bond donors (Lipinski definition) is 2. The molecule has 0 aliphatic carbocycles. The molecular weight excluding hydrogens is 272 g/mol. The summed E-state index contributed by atoms with van der Waals surface area (Å²) in [6.45, 7) is 2.89. The number of nitrogens with two attached hydrogens (primary N) is 1. The van der Waals surface area contributed by atoms with E-state index < -0.39 is 0 Å². The first-order valence-electron chi connectivity index (χ1n) is 6.52. The molecule has 1 aromatic heterocycles. The van der Waals surface area contributed by atoms with Crippen LogP contribution in [0.4, 0.5) is 11.4 Å². The largest absolute Gasteiger partial charge is 0.462 e. The number of rotatable bonds is 6. The number of thiophene rings is 1. The topological polar surface area (TPSA) is 64.3 Å². The number of esters is 1. The van der Waals surface area contributed by atoms with Gasteiger partial charge in [0.2, 0.25) is 0 Å². The summed E-state index contributed by atoms with van der Waals surface area (Å²) < 4.78 is 5.04. The molecule has 2 rings (SSSR count). The van der Waals surface area contributed by atoms with Gasteiger partial charge in [-0.15, -0.1) is 0 Å². The third-order valence-electron chi connectivity index (χ3n) is 2.85. The number of benzene rings is 1. The highest BCUT2D eigenvalue weighted by Crippen LogP contribution is 2.20. The van der Waals surface area contributed by atoms with Gasteiger partial charge in [0.25, 0.3) is 0 Å². The molecule has 0 saturated heterocycles. The van der Waals surface area contributed by atoms with Crippen molar-refractivity contribution in [2.24, 2.45) is 0 Å². The standard InChI is InChI=1S/C15H18N2O2S/c1-2-19-15(18)13-9-12(16)3-4-14(13)17-7-5-11-6-8-20-10-11/h3-4,6,8-10,17H,2,5,7,16H2,1H3. The molecule has 0 aliphatic heterocycles. The van der Waals surface area contributed by atoms with Gasteiger partial charge in [-0.25, -0.2) is 4.79 Å². The summed E-state index contributed by atoms with van der Waals surface area (Å²) >= 11 is 1.68. The molecule has 3 N–H and O–H groups in total. The number of anilines is 2. The molecule has 5 heteroatoms. The van der Waals surface area contributed by atoms with Gasteiger partial charge in [-0.1, -0.05) is 0 Å². The minimum atomic E-state index is -0.349. The summed E-state index contributed by atoms with van der Waals surface area (Å²) in [5.74, 6) is -0.349. The normalized spacial score (nSPS) is 10.2. The Labute approximate surface area is 122 Å². The van der Waals surface area contributed by atoms with E-state index in [0.29, 0.717) is 17.9 Å². The minimum Gasteiger partial charge on any atom is -0.462 e. The number of carbonyl (C=O) groups excluding carboxylic acids is 1. The molecule has 1 heterocycles. The fourth-order valence-electron chi connectivity index (χ4n) is 1.87. The van der Waals surface area contributed by atoms with E-state index >= 15 is 0 Å². The van der Waals surface area contributed by atoms with Gasteiger partial charge in [-0.2, -0.15) is 11.3 Å². The predicted octanol–water partition coefficient (Wildman–Crippen LogP) is 3.16. The van der Waals surface area contributed by atoms with Crippen LogP contribution in [-0.2, 0) is 11.2 Å². The van der Waals surface area contributed by atoms with Gasteiger partial charge in [-0.05, 0) is 53.9 Å². The van der Waals surface area contributed by atoms with Gasteiger partial charge < -0.3 is 15.8 Å². The molecule has 20 heavy (non-hydrogen) atoms. The van der Waals surface area contributed by atoms with Crippen LogP contribution in [0.2, 0.25) is 0 Å². The van der Waals surface area contributed by atoms with Crippen molar-refractivity contribution in [3.05, 3.63) is 46.2 Å². The van der Waals surface area contributed by atoms with E-state index in [2.05, 4.69) is 22.1 Å². The lowest BCUT2D eigenvalue weighted by molar-refractivity contribution is 0.0527. The molecule has 1 aromatic carbocycles. The van der Waals surface area contributed by atoms with Gasteiger partial charge in [0, 0.05) is 17.9 Å². The van der Waals surface area contributed by atoms with Crippen LogP contribution in [0.25, 0.3) is 0 Å². The Hall–Kier alpha value is -2.01. The van der Waals surface area contributed by atoms with Gasteiger partial charge in [0.1, 0.15) is 0 Å². The predicted molar refractivity (Wildman–Crippen MR) is 83.3 cm³/mol. The van der Waals surface area contributed by atoms with E-state index in [1.54, 1.807) is 30.4 Å². The summed E-state index contributed by atoms with van der Waals surface area (Å²) in [7, 11) is 0. The van der Waals surface area contributed by atoms with Gasteiger partial charge in [-0.3, -0.25) is 0 Å². The van der Waals surface area contributed by atoms with Crippen LogP contribution >= 0.6 is 11.3 Å². The number of carbonyl (C=O) groups is 1. The van der Waals surface area contributed by atoms with Crippen LogP contribution in [0.15, 0.2) is 35.0 Å². The quantitative estimate of drug-likeness (QED) is 0.633. The van der Waals surface area contributed by atoms with Crippen LogP contribution in [0.5, 0.6) is 0 Å². The Kier molecular flexibility index (Phi) is 5.01. The van der Waals surface area contributed by atoms with Crippen molar-refractivity contribution >= 4 is 28.7 Å². The molecule has 0 spiro atoms. The maximum Gasteiger partial charge on any atom is 0.340 e. The van der Waals surface area contributed by atoms with E-state index in [-0.39, 0.29) is 5.97 Å². The molecule has 0 fully saturated rings. The molecule has 106 valence electrons. The average molecular weight is 290 g/mol. The Morgan fingerprint density at radius 1 is 1.40 bits per heavy atom. The molecular formula is C15H18N2O2S. The second kappa shape index (κ2) is 6.96. The summed E-state index contributed by atoms with van der Waals surface area (Å²) in [4.78, 5) is 11.9. The Balaban J connectivity index is 2.04. The fourth-order valence-corrected chi connectivity index (χ4v) is 2.57. The average Bonchev–Trinajstić information content (AvgIpc) is 2.94. The molecule has 0 amide bonds. The Morgan fingerprint density at radius 2 is 2.25 bits per heavy atom. The monoisotopic (exact) mass is 290 g/mol. The van der Waals surface area contributed by atoms with Crippen LogP contribution < -0.4 is 11.1 Å². The number of nitrogen functional groups attached to an aromatic ring is 1. The lowest BCUT2D eigenvalue weighted by Crippen LogP contribution is -2.12. The van der Waals surface area contributed by atoms with Crippen molar-refractivity contribution in [1.82, 2.24) is 0 Å². The molecule has 4 nitrogen and oxygen atoms in total. The number of ether oxygens (including phenoxy) is 1. The molecule has 0 unspecified atom stereocenters. The van der Waals surface area contributed by atoms with Crippen molar-refractivity contribution in [2.75, 3.05) is 24.2 Å². The highest BCUT2D eigenvalue weighted by Gasteiger charge is 2.12. The summed E-state index contributed by atoms with van der Waals surface area (Å²) in [6, 6.07) is 7.33. The Morgan fingerprint density at radius 3 is 2.95 bits per heavy atom. The van der Waals surface area contributed by atoms with Crippen LogP contribution in [0, 0.1) is 0 Å². The molecule has 0 aliphatic rings. The smallest absolute Gasteiger partial charge is 0.340 e. The lowest BCUT2D eigenvalue weighted by atomic mass is 10.1. The van der Waals surface area contributed by atoms with Crippen LogP contribution in [0.3, 0.4) is 0 Å². The van der Waals surface area contributed by atoms with Gasteiger partial charge >= 0.3 is 5.97 Å². The molecule has 0 bridgehead atoms. The van der Waals surface area contributed by atoms with E-state index in [1.807, 2.05) is 6.07 Å². The fraction of sp³-hybridized carbons (Fsp3) is 0.267. The lowest BCUT2D eigenvalue weighted by Gasteiger charge is -2.11.